The molecule has 88 valence electrons. The molecule has 4 heteroatoms. The summed E-state index contributed by atoms with van der Waals surface area (Å²) in [4.78, 5) is 0. The monoisotopic (exact) mass is 237 g/mol. The molecule has 0 unspecified atom stereocenters. The molecule has 0 amide bonds. The Hall–Kier alpha value is -1.97. The Balaban J connectivity index is 2.41. The molecule has 0 fully saturated rings. The summed E-state index contributed by atoms with van der Waals surface area (Å²) in [6.45, 7) is 1.77. The van der Waals surface area contributed by atoms with Crippen LogP contribution in [-0.2, 0) is 0 Å². The Bertz CT molecular complexity index is 532. The van der Waals surface area contributed by atoms with Gasteiger partial charge in [-0.3, -0.25) is 0 Å². The molecule has 1 N–H and O–H groups in total. The van der Waals surface area contributed by atoms with Crippen molar-refractivity contribution in [1.29, 1.82) is 0 Å². The first-order chi connectivity index (χ1) is 8.08. The van der Waals surface area contributed by atoms with Gasteiger partial charge >= 0.3 is 0 Å². The third-order valence-electron chi connectivity index (χ3n) is 2.34. The van der Waals surface area contributed by atoms with Crippen LogP contribution in [0.25, 0.3) is 0 Å². The van der Waals surface area contributed by atoms with Crippen LogP contribution in [0.1, 0.15) is 5.56 Å². The van der Waals surface area contributed by atoms with Crippen LogP contribution in [0.15, 0.2) is 36.4 Å². The average Bonchev–Trinajstić information content (AvgIpc) is 2.28. The molecule has 0 aliphatic carbocycles. The van der Waals surface area contributed by atoms with Gasteiger partial charge in [-0.25, -0.2) is 13.2 Å². The normalized spacial score (nSPS) is 10.4. The van der Waals surface area contributed by atoms with Crippen LogP contribution in [-0.4, -0.2) is 0 Å². The molecule has 0 aliphatic rings. The molecule has 0 saturated carbocycles. The zero-order valence-electron chi connectivity index (χ0n) is 9.10. The smallest absolute Gasteiger partial charge is 0.149 e. The van der Waals surface area contributed by atoms with Crippen LogP contribution < -0.4 is 5.32 Å². The van der Waals surface area contributed by atoms with Crippen LogP contribution in [0.3, 0.4) is 0 Å². The summed E-state index contributed by atoms with van der Waals surface area (Å²) in [6.07, 6.45) is 0. The van der Waals surface area contributed by atoms with Crippen LogP contribution in [0.2, 0.25) is 0 Å². The molecular weight excluding hydrogens is 227 g/mol. The quantitative estimate of drug-likeness (QED) is 0.827. The molecule has 1 nitrogen and oxygen atoms in total. The van der Waals surface area contributed by atoms with E-state index in [0.29, 0.717) is 0 Å². The first-order valence-electron chi connectivity index (χ1n) is 5.05. The second-order valence-corrected chi connectivity index (χ2v) is 3.70. The molecule has 17 heavy (non-hydrogen) atoms. The zero-order valence-corrected chi connectivity index (χ0v) is 9.10. The largest absolute Gasteiger partial charge is 0.348 e. The molecule has 2 aromatic carbocycles. The van der Waals surface area contributed by atoms with Gasteiger partial charge in [0.15, 0.2) is 0 Å². The van der Waals surface area contributed by atoms with Gasteiger partial charge in [0.25, 0.3) is 0 Å². The van der Waals surface area contributed by atoms with E-state index in [-0.39, 0.29) is 11.4 Å². The van der Waals surface area contributed by atoms with Gasteiger partial charge in [0.05, 0.1) is 5.69 Å². The molecule has 0 bridgehead atoms. The summed E-state index contributed by atoms with van der Waals surface area (Å²) in [5.74, 6) is -2.07. The lowest BCUT2D eigenvalue weighted by Gasteiger charge is -2.10. The Morgan fingerprint density at radius 1 is 0.882 bits per heavy atom. The van der Waals surface area contributed by atoms with E-state index in [1.807, 2.05) is 0 Å². The first-order valence-corrected chi connectivity index (χ1v) is 5.05. The van der Waals surface area contributed by atoms with E-state index in [4.69, 9.17) is 0 Å². The SMILES string of the molecule is Cc1ccc(F)c(Nc2c(F)cccc2F)c1. The highest BCUT2D eigenvalue weighted by atomic mass is 19.1. The van der Waals surface area contributed by atoms with Crippen LogP contribution >= 0.6 is 0 Å². The van der Waals surface area contributed by atoms with Gasteiger partial charge in [0, 0.05) is 0 Å². The summed E-state index contributed by atoms with van der Waals surface area (Å²) < 4.78 is 40.1. The van der Waals surface area contributed by atoms with Crippen molar-refractivity contribution in [2.45, 2.75) is 6.92 Å². The highest BCUT2D eigenvalue weighted by Gasteiger charge is 2.10. The van der Waals surface area contributed by atoms with Crippen molar-refractivity contribution in [1.82, 2.24) is 0 Å². The van der Waals surface area contributed by atoms with E-state index in [9.17, 15) is 13.2 Å². The second kappa shape index (κ2) is 4.49. The van der Waals surface area contributed by atoms with Crippen molar-refractivity contribution in [3.63, 3.8) is 0 Å². The lowest BCUT2D eigenvalue weighted by atomic mass is 10.2. The molecular formula is C13H10F3N. The molecule has 0 atom stereocenters. The topological polar surface area (TPSA) is 12.0 Å². The Labute approximate surface area is 96.9 Å². The molecule has 0 spiro atoms. The van der Waals surface area contributed by atoms with Crippen molar-refractivity contribution in [2.75, 3.05) is 5.32 Å². The van der Waals surface area contributed by atoms with E-state index in [1.165, 1.54) is 18.2 Å². The van der Waals surface area contributed by atoms with Gasteiger partial charge in [-0.05, 0) is 36.8 Å². The number of rotatable bonds is 2. The number of aryl methyl sites for hydroxylation is 1. The Kier molecular flexibility index (Phi) is 3.04. The molecule has 0 aliphatic heterocycles. The standard InChI is InChI=1S/C13H10F3N/c1-8-5-6-9(14)12(7-8)17-13-10(15)3-2-4-11(13)16/h2-7,17H,1H3. The van der Waals surface area contributed by atoms with Gasteiger partial charge in [-0.1, -0.05) is 12.1 Å². The third-order valence-corrected chi connectivity index (χ3v) is 2.34. The first kappa shape index (κ1) is 11.5. The van der Waals surface area contributed by atoms with Crippen LogP contribution in [0.5, 0.6) is 0 Å². The number of hydrogen-bond acceptors (Lipinski definition) is 1. The minimum Gasteiger partial charge on any atom is -0.348 e. The molecule has 0 aromatic heterocycles. The predicted octanol–water partition coefficient (Wildman–Crippen LogP) is 4.16. The minimum absolute atomic E-state index is 0.0500. The Morgan fingerprint density at radius 2 is 1.53 bits per heavy atom. The molecule has 2 rings (SSSR count). The number of hydrogen-bond donors (Lipinski definition) is 1. The maximum Gasteiger partial charge on any atom is 0.149 e. The number of nitrogens with one attached hydrogen (secondary N) is 1. The van der Waals surface area contributed by atoms with Gasteiger partial charge < -0.3 is 5.32 Å². The van der Waals surface area contributed by atoms with E-state index in [1.54, 1.807) is 13.0 Å². The van der Waals surface area contributed by atoms with Crippen molar-refractivity contribution in [3.8, 4) is 0 Å². The van der Waals surface area contributed by atoms with E-state index in [0.717, 1.165) is 17.7 Å². The summed E-state index contributed by atoms with van der Waals surface area (Å²) in [5.41, 5.74) is 0.497. The third kappa shape index (κ3) is 2.41. The minimum atomic E-state index is -0.758. The highest BCUT2D eigenvalue weighted by molar-refractivity contribution is 5.62. The number of benzene rings is 2. The molecule has 2 aromatic rings. The lowest BCUT2D eigenvalue weighted by Crippen LogP contribution is -1.99. The highest BCUT2D eigenvalue weighted by Crippen LogP contribution is 2.25. The van der Waals surface area contributed by atoms with Gasteiger partial charge in [0.2, 0.25) is 0 Å². The van der Waals surface area contributed by atoms with Gasteiger partial charge in [0.1, 0.15) is 23.1 Å². The summed E-state index contributed by atoms with van der Waals surface area (Å²) in [5, 5.41) is 2.42. The summed E-state index contributed by atoms with van der Waals surface area (Å²) >= 11 is 0. The fourth-order valence-electron chi connectivity index (χ4n) is 1.49. The molecule has 0 heterocycles. The van der Waals surface area contributed by atoms with E-state index in [2.05, 4.69) is 5.32 Å². The maximum atomic E-state index is 13.4. The van der Waals surface area contributed by atoms with Crippen LogP contribution in [0.4, 0.5) is 24.5 Å². The zero-order chi connectivity index (χ0) is 12.4. The average molecular weight is 237 g/mol. The predicted molar refractivity (Wildman–Crippen MR) is 60.8 cm³/mol. The second-order valence-electron chi connectivity index (χ2n) is 3.70. The number of para-hydroxylation sites is 1. The Morgan fingerprint density at radius 3 is 2.18 bits per heavy atom. The number of halogens is 3. The fourth-order valence-corrected chi connectivity index (χ4v) is 1.49. The van der Waals surface area contributed by atoms with E-state index < -0.39 is 17.5 Å². The van der Waals surface area contributed by atoms with Crippen molar-refractivity contribution < 1.29 is 13.2 Å². The fraction of sp³-hybridized carbons (Fsp3) is 0.0769. The summed E-state index contributed by atoms with van der Waals surface area (Å²) in [6, 6.07) is 7.79. The maximum absolute atomic E-state index is 13.4. The number of anilines is 2. The van der Waals surface area contributed by atoms with Crippen molar-refractivity contribution in [2.24, 2.45) is 0 Å². The van der Waals surface area contributed by atoms with Crippen LogP contribution in [0, 0.1) is 24.4 Å². The van der Waals surface area contributed by atoms with Gasteiger partial charge in [-0.2, -0.15) is 0 Å². The molecule has 0 saturated heterocycles. The summed E-state index contributed by atoms with van der Waals surface area (Å²) in [7, 11) is 0. The van der Waals surface area contributed by atoms with E-state index >= 15 is 0 Å². The lowest BCUT2D eigenvalue weighted by molar-refractivity contribution is 0.589. The van der Waals surface area contributed by atoms with Gasteiger partial charge in [-0.15, -0.1) is 0 Å². The van der Waals surface area contributed by atoms with Crippen molar-refractivity contribution >= 4 is 11.4 Å². The molecule has 0 radical (unpaired) electrons. The van der Waals surface area contributed by atoms with Crippen molar-refractivity contribution in [3.05, 3.63) is 59.4 Å².